The van der Waals surface area contributed by atoms with E-state index in [2.05, 4.69) is 5.43 Å². The lowest BCUT2D eigenvalue weighted by Gasteiger charge is -2.07. The second-order valence-electron chi connectivity index (χ2n) is 3.81. The zero-order valence-electron chi connectivity index (χ0n) is 10.8. The van der Waals surface area contributed by atoms with Gasteiger partial charge in [-0.3, -0.25) is 20.4 Å². The zero-order valence-corrected chi connectivity index (χ0v) is 10.8. The molecule has 0 heterocycles. The molecule has 0 aliphatic rings. The number of aliphatic carboxylic acids is 1. The summed E-state index contributed by atoms with van der Waals surface area (Å²) in [6.45, 7) is 1.66. The summed E-state index contributed by atoms with van der Waals surface area (Å²) in [5.41, 5.74) is 5.16. The summed E-state index contributed by atoms with van der Waals surface area (Å²) >= 11 is 0. The molecule has 0 aliphatic heterocycles. The predicted octanol–water partition coefficient (Wildman–Crippen LogP) is 0.162. The lowest BCUT2D eigenvalue weighted by molar-refractivity contribution is -0.131. The van der Waals surface area contributed by atoms with Crippen LogP contribution in [0.5, 0.6) is 5.75 Å². The molecule has 0 bridgehead atoms. The van der Waals surface area contributed by atoms with E-state index < -0.39 is 17.8 Å². The molecular weight excluding hydrogens is 264 g/mol. The molecule has 1 aromatic carbocycles. The van der Waals surface area contributed by atoms with E-state index >= 15 is 0 Å². The minimum Gasteiger partial charge on any atom is -0.484 e. The van der Waals surface area contributed by atoms with Gasteiger partial charge in [0.25, 0.3) is 11.8 Å². The molecule has 0 fully saturated rings. The summed E-state index contributed by atoms with van der Waals surface area (Å²) in [5.74, 6) is -2.05. The van der Waals surface area contributed by atoms with Crippen LogP contribution in [0.1, 0.15) is 5.56 Å². The molecule has 1 rings (SSSR count). The number of carbonyl (C=O) groups is 3. The summed E-state index contributed by atoms with van der Waals surface area (Å²) in [6, 6.07) is 7.12. The molecule has 0 radical (unpaired) electrons. The van der Waals surface area contributed by atoms with Crippen molar-refractivity contribution in [3.8, 4) is 5.75 Å². The van der Waals surface area contributed by atoms with Crippen molar-refractivity contribution in [1.29, 1.82) is 0 Å². The normalized spacial score (nSPS) is 10.1. The van der Waals surface area contributed by atoms with Crippen molar-refractivity contribution >= 4 is 17.8 Å². The standard InChI is InChI=1S/C13H14N2O5/c1-9-2-4-10(5-3-9)20-8-12(17)15-14-11(16)6-7-13(18)19/h2-7H,8H2,1H3,(H,14,16)(H,15,17)(H,18,19)/b7-6+. The Balaban J connectivity index is 2.28. The van der Waals surface area contributed by atoms with Gasteiger partial charge in [0.15, 0.2) is 6.61 Å². The van der Waals surface area contributed by atoms with Crippen molar-refractivity contribution < 1.29 is 24.2 Å². The fourth-order valence-corrected chi connectivity index (χ4v) is 1.14. The number of rotatable bonds is 5. The number of nitrogens with one attached hydrogen (secondary N) is 2. The van der Waals surface area contributed by atoms with E-state index in [1.54, 1.807) is 12.1 Å². The lowest BCUT2D eigenvalue weighted by atomic mass is 10.2. The second kappa shape index (κ2) is 7.57. The Kier molecular flexibility index (Phi) is 5.76. The molecule has 0 unspecified atom stereocenters. The van der Waals surface area contributed by atoms with Crippen molar-refractivity contribution in [2.24, 2.45) is 0 Å². The number of aryl methyl sites for hydroxylation is 1. The van der Waals surface area contributed by atoms with Gasteiger partial charge in [0, 0.05) is 12.2 Å². The van der Waals surface area contributed by atoms with Gasteiger partial charge in [-0.05, 0) is 19.1 Å². The fraction of sp³-hybridized carbons (Fsp3) is 0.154. The molecule has 0 saturated heterocycles. The molecule has 0 spiro atoms. The average molecular weight is 278 g/mol. The van der Waals surface area contributed by atoms with Crippen molar-refractivity contribution in [1.82, 2.24) is 10.9 Å². The van der Waals surface area contributed by atoms with Crippen LogP contribution in [0.4, 0.5) is 0 Å². The minimum absolute atomic E-state index is 0.272. The largest absolute Gasteiger partial charge is 0.484 e. The van der Waals surface area contributed by atoms with E-state index in [0.29, 0.717) is 11.8 Å². The topological polar surface area (TPSA) is 105 Å². The van der Waals surface area contributed by atoms with Gasteiger partial charge in [-0.15, -0.1) is 0 Å². The van der Waals surface area contributed by atoms with Gasteiger partial charge in [-0.25, -0.2) is 4.79 Å². The molecule has 2 amide bonds. The molecule has 0 aliphatic carbocycles. The third kappa shape index (κ3) is 6.20. The first-order chi connectivity index (χ1) is 9.47. The first-order valence-electron chi connectivity index (χ1n) is 5.66. The van der Waals surface area contributed by atoms with Crippen molar-refractivity contribution in [3.63, 3.8) is 0 Å². The number of ether oxygens (including phenoxy) is 1. The number of benzene rings is 1. The first-order valence-corrected chi connectivity index (χ1v) is 5.66. The van der Waals surface area contributed by atoms with Crippen LogP contribution in [-0.2, 0) is 14.4 Å². The van der Waals surface area contributed by atoms with E-state index in [1.807, 2.05) is 24.5 Å². The molecule has 7 nitrogen and oxygen atoms in total. The molecule has 7 heteroatoms. The van der Waals surface area contributed by atoms with Crippen LogP contribution >= 0.6 is 0 Å². The monoisotopic (exact) mass is 278 g/mol. The highest BCUT2D eigenvalue weighted by molar-refractivity contribution is 5.94. The van der Waals surface area contributed by atoms with Crippen LogP contribution in [0, 0.1) is 6.92 Å². The zero-order chi connectivity index (χ0) is 15.0. The molecule has 20 heavy (non-hydrogen) atoms. The molecular formula is C13H14N2O5. The maximum atomic E-state index is 11.3. The van der Waals surface area contributed by atoms with Crippen LogP contribution < -0.4 is 15.6 Å². The quantitative estimate of drug-likeness (QED) is 0.525. The van der Waals surface area contributed by atoms with Crippen molar-refractivity contribution in [3.05, 3.63) is 42.0 Å². The van der Waals surface area contributed by atoms with Gasteiger partial charge in [0.1, 0.15) is 5.75 Å². The SMILES string of the molecule is Cc1ccc(OCC(=O)NNC(=O)/C=C/C(=O)O)cc1. The Hall–Kier alpha value is -2.83. The molecule has 106 valence electrons. The predicted molar refractivity (Wildman–Crippen MR) is 69.7 cm³/mol. The van der Waals surface area contributed by atoms with Gasteiger partial charge in [0.2, 0.25) is 0 Å². The van der Waals surface area contributed by atoms with Gasteiger partial charge >= 0.3 is 5.97 Å². The Morgan fingerprint density at radius 3 is 2.40 bits per heavy atom. The van der Waals surface area contributed by atoms with Gasteiger partial charge in [0.05, 0.1) is 0 Å². The summed E-state index contributed by atoms with van der Waals surface area (Å²) in [7, 11) is 0. The molecule has 0 saturated carbocycles. The summed E-state index contributed by atoms with van der Waals surface area (Å²) in [5, 5.41) is 8.30. The first kappa shape index (κ1) is 15.2. The lowest BCUT2D eigenvalue weighted by Crippen LogP contribution is -2.43. The molecule has 0 atom stereocenters. The van der Waals surface area contributed by atoms with Crippen LogP contribution in [0.3, 0.4) is 0 Å². The Labute approximate surface area is 115 Å². The fourth-order valence-electron chi connectivity index (χ4n) is 1.14. The summed E-state index contributed by atoms with van der Waals surface area (Å²) in [4.78, 5) is 32.5. The van der Waals surface area contributed by atoms with Crippen molar-refractivity contribution in [2.75, 3.05) is 6.61 Å². The highest BCUT2D eigenvalue weighted by Gasteiger charge is 2.04. The van der Waals surface area contributed by atoms with Crippen LogP contribution in [0.25, 0.3) is 0 Å². The Bertz CT molecular complexity index is 522. The third-order valence-corrected chi connectivity index (χ3v) is 2.09. The van der Waals surface area contributed by atoms with Crippen LogP contribution in [0.2, 0.25) is 0 Å². The van der Waals surface area contributed by atoms with E-state index in [4.69, 9.17) is 9.84 Å². The number of hydrogen-bond donors (Lipinski definition) is 3. The minimum atomic E-state index is -1.26. The van der Waals surface area contributed by atoms with Gasteiger partial charge in [-0.2, -0.15) is 0 Å². The van der Waals surface area contributed by atoms with Crippen LogP contribution in [-0.4, -0.2) is 29.5 Å². The van der Waals surface area contributed by atoms with Crippen molar-refractivity contribution in [2.45, 2.75) is 6.92 Å². The maximum absolute atomic E-state index is 11.3. The average Bonchev–Trinajstić information content (AvgIpc) is 2.42. The molecule has 1 aromatic rings. The maximum Gasteiger partial charge on any atom is 0.328 e. The highest BCUT2D eigenvalue weighted by Crippen LogP contribution is 2.10. The number of hydrogen-bond acceptors (Lipinski definition) is 4. The number of amides is 2. The number of carboxylic acid groups (broad SMARTS) is 1. The third-order valence-electron chi connectivity index (χ3n) is 2.09. The van der Waals surface area contributed by atoms with E-state index in [0.717, 1.165) is 11.6 Å². The smallest absolute Gasteiger partial charge is 0.328 e. The summed E-state index contributed by atoms with van der Waals surface area (Å²) < 4.78 is 5.18. The molecule has 3 N–H and O–H groups in total. The molecule has 0 aromatic heterocycles. The van der Waals surface area contributed by atoms with Gasteiger partial charge in [-0.1, -0.05) is 17.7 Å². The Morgan fingerprint density at radius 1 is 1.15 bits per heavy atom. The highest BCUT2D eigenvalue weighted by atomic mass is 16.5. The van der Waals surface area contributed by atoms with E-state index in [9.17, 15) is 14.4 Å². The number of carboxylic acids is 1. The number of carbonyl (C=O) groups excluding carboxylic acids is 2. The summed E-state index contributed by atoms with van der Waals surface area (Å²) in [6.07, 6.45) is 1.44. The van der Waals surface area contributed by atoms with Gasteiger partial charge < -0.3 is 9.84 Å². The Morgan fingerprint density at radius 2 is 1.80 bits per heavy atom. The second-order valence-corrected chi connectivity index (χ2v) is 3.81. The number of hydrazine groups is 1. The van der Waals surface area contributed by atoms with Crippen LogP contribution in [0.15, 0.2) is 36.4 Å². The van der Waals surface area contributed by atoms with E-state index in [1.165, 1.54) is 0 Å². The van der Waals surface area contributed by atoms with E-state index in [-0.39, 0.29) is 6.61 Å².